The van der Waals surface area contributed by atoms with Gasteiger partial charge in [0.25, 0.3) is 0 Å². The third-order valence-electron chi connectivity index (χ3n) is 2.38. The summed E-state index contributed by atoms with van der Waals surface area (Å²) in [4.78, 5) is 11.6. The molecule has 0 bridgehead atoms. The van der Waals surface area contributed by atoms with Crippen molar-refractivity contribution >= 4 is 5.91 Å². The van der Waals surface area contributed by atoms with E-state index in [-0.39, 0.29) is 18.6 Å². The molecule has 1 amide bonds. The number of amides is 1. The number of hydrogen-bond acceptors (Lipinski definition) is 3. The van der Waals surface area contributed by atoms with Gasteiger partial charge in [0.2, 0.25) is 5.91 Å². The largest absolute Gasteiger partial charge is 0.396 e. The number of carbonyl (C=O) groups is 1. The highest BCUT2D eigenvalue weighted by molar-refractivity contribution is 5.81. The van der Waals surface area contributed by atoms with Crippen LogP contribution in [0.25, 0.3) is 0 Å². The van der Waals surface area contributed by atoms with Crippen LogP contribution in [0.2, 0.25) is 0 Å². The van der Waals surface area contributed by atoms with Gasteiger partial charge in [-0.25, -0.2) is 0 Å². The van der Waals surface area contributed by atoms with Gasteiger partial charge in [0.05, 0.1) is 6.04 Å². The molecule has 4 heteroatoms. The van der Waals surface area contributed by atoms with Gasteiger partial charge in [0.15, 0.2) is 0 Å². The molecule has 0 aliphatic heterocycles. The number of rotatable bonds is 7. The Balaban J connectivity index is 3.98. The zero-order valence-electron chi connectivity index (χ0n) is 9.99. The lowest BCUT2D eigenvalue weighted by atomic mass is 10.0. The smallest absolute Gasteiger partial charge is 0.237 e. The van der Waals surface area contributed by atoms with E-state index < -0.39 is 6.04 Å². The van der Waals surface area contributed by atoms with Crippen LogP contribution in [0.15, 0.2) is 0 Å². The highest BCUT2D eigenvalue weighted by Gasteiger charge is 2.17. The minimum atomic E-state index is -0.433. The van der Waals surface area contributed by atoms with E-state index >= 15 is 0 Å². The summed E-state index contributed by atoms with van der Waals surface area (Å²) in [5.41, 5.74) is 5.74. The third-order valence-corrected chi connectivity index (χ3v) is 2.38. The second kappa shape index (κ2) is 7.65. The molecule has 2 atom stereocenters. The zero-order chi connectivity index (χ0) is 11.8. The minimum absolute atomic E-state index is 0.0423. The van der Waals surface area contributed by atoms with Crippen molar-refractivity contribution in [1.82, 2.24) is 5.32 Å². The standard InChI is InChI=1S/C11H24N2O2/c1-4-9(5-6-14)13-11(15)10(12)7-8(2)3/h8-10,14H,4-7,12H2,1-3H3,(H,13,15). The molecule has 4 N–H and O–H groups in total. The monoisotopic (exact) mass is 216 g/mol. The average Bonchev–Trinajstić information content (AvgIpc) is 2.15. The summed E-state index contributed by atoms with van der Waals surface area (Å²) in [6.45, 7) is 6.16. The summed E-state index contributed by atoms with van der Waals surface area (Å²) in [6.07, 6.45) is 2.11. The third kappa shape index (κ3) is 6.47. The normalized spacial score (nSPS) is 15.1. The molecule has 0 saturated heterocycles. The lowest BCUT2D eigenvalue weighted by molar-refractivity contribution is -0.123. The molecule has 0 spiro atoms. The van der Waals surface area contributed by atoms with Gasteiger partial charge < -0.3 is 16.2 Å². The number of nitrogens with two attached hydrogens (primary N) is 1. The summed E-state index contributed by atoms with van der Waals surface area (Å²) in [6, 6.07) is -0.390. The Kier molecular flexibility index (Phi) is 7.34. The molecule has 2 unspecified atom stereocenters. The van der Waals surface area contributed by atoms with Crippen LogP contribution in [-0.2, 0) is 4.79 Å². The first-order valence-corrected chi connectivity index (χ1v) is 5.68. The van der Waals surface area contributed by atoms with Gasteiger partial charge in [-0.1, -0.05) is 20.8 Å². The fraction of sp³-hybridized carbons (Fsp3) is 0.909. The molecule has 0 aromatic carbocycles. The predicted octanol–water partition coefficient (Wildman–Crippen LogP) is 0.637. The molecule has 0 aromatic heterocycles. The number of nitrogens with one attached hydrogen (secondary N) is 1. The first-order chi connectivity index (χ1) is 7.01. The van der Waals surface area contributed by atoms with Gasteiger partial charge in [-0.15, -0.1) is 0 Å². The number of carbonyl (C=O) groups excluding carboxylic acids is 1. The highest BCUT2D eigenvalue weighted by Crippen LogP contribution is 2.04. The van der Waals surface area contributed by atoms with E-state index in [1.54, 1.807) is 0 Å². The summed E-state index contributed by atoms with van der Waals surface area (Å²) in [5.74, 6) is 0.313. The molecule has 0 saturated carbocycles. The Hall–Kier alpha value is -0.610. The van der Waals surface area contributed by atoms with Crippen molar-refractivity contribution in [3.63, 3.8) is 0 Å². The van der Waals surface area contributed by atoms with Crippen LogP contribution < -0.4 is 11.1 Å². The van der Waals surface area contributed by atoms with Gasteiger partial charge >= 0.3 is 0 Å². The molecule has 0 rings (SSSR count). The fourth-order valence-electron chi connectivity index (χ4n) is 1.46. The second-order valence-electron chi connectivity index (χ2n) is 4.36. The van der Waals surface area contributed by atoms with Crippen LogP contribution in [0.5, 0.6) is 0 Å². The number of hydrogen-bond donors (Lipinski definition) is 3. The van der Waals surface area contributed by atoms with Crippen molar-refractivity contribution in [3.8, 4) is 0 Å². The summed E-state index contributed by atoms with van der Waals surface area (Å²) in [7, 11) is 0. The molecule has 0 heterocycles. The van der Waals surface area contributed by atoms with Crippen molar-refractivity contribution in [1.29, 1.82) is 0 Å². The number of aliphatic hydroxyl groups is 1. The van der Waals surface area contributed by atoms with Crippen LogP contribution in [-0.4, -0.2) is 29.7 Å². The van der Waals surface area contributed by atoms with Gasteiger partial charge in [-0.05, 0) is 25.2 Å². The van der Waals surface area contributed by atoms with E-state index in [1.165, 1.54) is 0 Å². The van der Waals surface area contributed by atoms with Crippen molar-refractivity contribution in [2.24, 2.45) is 11.7 Å². The minimum Gasteiger partial charge on any atom is -0.396 e. The quantitative estimate of drug-likeness (QED) is 0.584. The van der Waals surface area contributed by atoms with Gasteiger partial charge in [-0.2, -0.15) is 0 Å². The molecule has 0 radical (unpaired) electrons. The van der Waals surface area contributed by atoms with Gasteiger partial charge in [0.1, 0.15) is 0 Å². The number of aliphatic hydroxyl groups excluding tert-OH is 1. The van der Waals surface area contributed by atoms with Crippen LogP contribution in [0.4, 0.5) is 0 Å². The zero-order valence-corrected chi connectivity index (χ0v) is 9.99. The first kappa shape index (κ1) is 14.4. The Labute approximate surface area is 92.2 Å². The Morgan fingerprint density at radius 2 is 2.07 bits per heavy atom. The van der Waals surface area contributed by atoms with Crippen LogP contribution >= 0.6 is 0 Å². The molecule has 0 aliphatic carbocycles. The van der Waals surface area contributed by atoms with E-state index in [0.717, 1.165) is 6.42 Å². The maximum atomic E-state index is 11.6. The van der Waals surface area contributed by atoms with Crippen LogP contribution in [0, 0.1) is 5.92 Å². The Morgan fingerprint density at radius 1 is 1.47 bits per heavy atom. The SMILES string of the molecule is CCC(CCO)NC(=O)C(N)CC(C)C. The lowest BCUT2D eigenvalue weighted by Crippen LogP contribution is -2.46. The summed E-state index contributed by atoms with van der Waals surface area (Å²) in [5, 5.41) is 11.6. The van der Waals surface area contributed by atoms with Gasteiger partial charge in [-0.3, -0.25) is 4.79 Å². The molecule has 4 nitrogen and oxygen atoms in total. The lowest BCUT2D eigenvalue weighted by Gasteiger charge is -2.19. The topological polar surface area (TPSA) is 75.3 Å². The van der Waals surface area contributed by atoms with Crippen molar-refractivity contribution < 1.29 is 9.90 Å². The summed E-state index contributed by atoms with van der Waals surface area (Å²) < 4.78 is 0. The molecule has 0 fully saturated rings. The molecular formula is C11H24N2O2. The summed E-state index contributed by atoms with van der Waals surface area (Å²) >= 11 is 0. The highest BCUT2D eigenvalue weighted by atomic mass is 16.3. The van der Waals surface area contributed by atoms with E-state index in [9.17, 15) is 4.79 Å². The van der Waals surface area contributed by atoms with Crippen molar-refractivity contribution in [2.75, 3.05) is 6.61 Å². The molecule has 0 aromatic rings. The van der Waals surface area contributed by atoms with Crippen LogP contribution in [0.3, 0.4) is 0 Å². The maximum Gasteiger partial charge on any atom is 0.237 e. The molecule has 90 valence electrons. The first-order valence-electron chi connectivity index (χ1n) is 5.68. The average molecular weight is 216 g/mol. The van der Waals surface area contributed by atoms with E-state index in [0.29, 0.717) is 18.8 Å². The van der Waals surface area contributed by atoms with E-state index in [2.05, 4.69) is 5.32 Å². The van der Waals surface area contributed by atoms with Crippen molar-refractivity contribution in [2.45, 2.75) is 52.1 Å². The van der Waals surface area contributed by atoms with Gasteiger partial charge in [0, 0.05) is 12.6 Å². The maximum absolute atomic E-state index is 11.6. The van der Waals surface area contributed by atoms with E-state index in [4.69, 9.17) is 10.8 Å². The predicted molar refractivity (Wildman–Crippen MR) is 61.4 cm³/mol. The molecule has 0 aliphatic rings. The second-order valence-corrected chi connectivity index (χ2v) is 4.36. The Morgan fingerprint density at radius 3 is 2.47 bits per heavy atom. The fourth-order valence-corrected chi connectivity index (χ4v) is 1.46. The van der Waals surface area contributed by atoms with E-state index in [1.807, 2.05) is 20.8 Å². The molecule has 15 heavy (non-hydrogen) atoms. The Bertz CT molecular complexity index is 183. The van der Waals surface area contributed by atoms with Crippen LogP contribution in [0.1, 0.15) is 40.0 Å². The molecular weight excluding hydrogens is 192 g/mol. The van der Waals surface area contributed by atoms with Crippen molar-refractivity contribution in [3.05, 3.63) is 0 Å².